The first-order valence-corrected chi connectivity index (χ1v) is 6.09. The van der Waals surface area contributed by atoms with Crippen molar-refractivity contribution < 1.29 is 0 Å². The second-order valence-corrected chi connectivity index (χ2v) is 5.00. The zero-order valence-electron chi connectivity index (χ0n) is 10.5. The molecule has 0 spiro atoms. The number of hydrogen-bond acceptors (Lipinski definition) is 4. The van der Waals surface area contributed by atoms with Crippen LogP contribution < -0.4 is 10.5 Å². The van der Waals surface area contributed by atoms with E-state index < -0.39 is 0 Å². The number of aromatic amines is 1. The molecule has 0 radical (unpaired) electrons. The summed E-state index contributed by atoms with van der Waals surface area (Å²) in [6, 6.07) is 1.62. The fourth-order valence-corrected chi connectivity index (χ4v) is 2.43. The molecule has 0 aliphatic carbocycles. The fraction of sp³-hybridized carbons (Fsp3) is 0.667. The predicted molar refractivity (Wildman–Crippen MR) is 68.3 cm³/mol. The minimum atomic E-state index is -0.127. The molecule has 1 fully saturated rings. The number of nitrogens with one attached hydrogen (secondary N) is 1. The zero-order chi connectivity index (χ0) is 12.3. The Labute approximate surface area is 101 Å². The van der Waals surface area contributed by atoms with E-state index in [2.05, 4.69) is 34.1 Å². The van der Waals surface area contributed by atoms with Crippen LogP contribution in [0.1, 0.15) is 12.8 Å². The Kier molecular flexibility index (Phi) is 3.78. The normalized spacial score (nSPS) is 17.7. The molecule has 5 heteroatoms. The standard InChI is InChI=1S/C12H20N4O/c1-15(2)9-10-3-5-16(6-4-10)11-7-12(17)14-13-8-11/h7-8,10H,3-6,9H2,1-2H3,(H,14,17). The fourth-order valence-electron chi connectivity index (χ4n) is 2.43. The lowest BCUT2D eigenvalue weighted by molar-refractivity contribution is 0.285. The Bertz CT molecular complexity index is 407. The number of H-pyrrole nitrogens is 1. The predicted octanol–water partition coefficient (Wildman–Crippen LogP) is 0.548. The van der Waals surface area contributed by atoms with Crippen molar-refractivity contribution in [2.75, 3.05) is 38.6 Å². The quantitative estimate of drug-likeness (QED) is 0.832. The van der Waals surface area contributed by atoms with Crippen molar-refractivity contribution in [3.8, 4) is 0 Å². The van der Waals surface area contributed by atoms with E-state index in [-0.39, 0.29) is 5.56 Å². The van der Waals surface area contributed by atoms with Crippen molar-refractivity contribution in [1.29, 1.82) is 0 Å². The Hall–Kier alpha value is -1.36. The van der Waals surface area contributed by atoms with Crippen LogP contribution in [0.3, 0.4) is 0 Å². The smallest absolute Gasteiger partial charge is 0.266 e. The third kappa shape index (κ3) is 3.30. The second kappa shape index (κ2) is 5.31. The van der Waals surface area contributed by atoms with Crippen LogP contribution in [0, 0.1) is 5.92 Å². The van der Waals surface area contributed by atoms with E-state index >= 15 is 0 Å². The second-order valence-electron chi connectivity index (χ2n) is 5.00. The molecule has 1 aromatic rings. The van der Waals surface area contributed by atoms with Crippen molar-refractivity contribution in [2.24, 2.45) is 5.92 Å². The molecule has 5 nitrogen and oxygen atoms in total. The van der Waals surface area contributed by atoms with Gasteiger partial charge in [0.25, 0.3) is 5.56 Å². The Morgan fingerprint density at radius 3 is 2.76 bits per heavy atom. The van der Waals surface area contributed by atoms with E-state index in [1.165, 1.54) is 12.8 Å². The molecule has 0 aromatic carbocycles. The molecule has 2 rings (SSSR count). The van der Waals surface area contributed by atoms with Crippen molar-refractivity contribution >= 4 is 5.69 Å². The molecule has 0 saturated carbocycles. The minimum absolute atomic E-state index is 0.127. The van der Waals surface area contributed by atoms with Crippen LogP contribution >= 0.6 is 0 Å². The van der Waals surface area contributed by atoms with Gasteiger partial charge in [0, 0.05) is 25.7 Å². The number of aromatic nitrogens is 2. The van der Waals surface area contributed by atoms with E-state index in [1.54, 1.807) is 12.3 Å². The largest absolute Gasteiger partial charge is 0.370 e. The van der Waals surface area contributed by atoms with Gasteiger partial charge in [-0.15, -0.1) is 0 Å². The van der Waals surface area contributed by atoms with Crippen LogP contribution in [0.15, 0.2) is 17.1 Å². The highest BCUT2D eigenvalue weighted by Crippen LogP contribution is 2.21. The topological polar surface area (TPSA) is 52.2 Å². The Morgan fingerprint density at radius 2 is 2.18 bits per heavy atom. The van der Waals surface area contributed by atoms with E-state index in [1.807, 2.05) is 0 Å². The lowest BCUT2D eigenvalue weighted by Gasteiger charge is -2.34. The van der Waals surface area contributed by atoms with Crippen molar-refractivity contribution in [1.82, 2.24) is 15.1 Å². The SMILES string of the molecule is CN(C)CC1CCN(c2cn[nH]c(=O)c2)CC1. The van der Waals surface area contributed by atoms with Crippen molar-refractivity contribution in [3.63, 3.8) is 0 Å². The first-order valence-electron chi connectivity index (χ1n) is 6.09. The summed E-state index contributed by atoms with van der Waals surface area (Å²) in [5.74, 6) is 0.774. The summed E-state index contributed by atoms with van der Waals surface area (Å²) in [7, 11) is 4.24. The summed E-state index contributed by atoms with van der Waals surface area (Å²) >= 11 is 0. The molecule has 0 bridgehead atoms. The van der Waals surface area contributed by atoms with Crippen LogP contribution in [0.2, 0.25) is 0 Å². The number of nitrogens with zero attached hydrogens (tertiary/aromatic N) is 3. The maximum absolute atomic E-state index is 11.2. The first-order chi connectivity index (χ1) is 8.15. The number of anilines is 1. The van der Waals surface area contributed by atoms with Gasteiger partial charge in [-0.2, -0.15) is 5.10 Å². The highest BCUT2D eigenvalue weighted by molar-refractivity contribution is 5.42. The molecule has 1 aliphatic rings. The van der Waals surface area contributed by atoms with Crippen LogP contribution in [0.4, 0.5) is 5.69 Å². The van der Waals surface area contributed by atoms with Gasteiger partial charge in [-0.1, -0.05) is 0 Å². The molecular weight excluding hydrogens is 216 g/mol. The number of piperidine rings is 1. The van der Waals surface area contributed by atoms with E-state index in [4.69, 9.17) is 0 Å². The molecule has 1 aliphatic heterocycles. The minimum Gasteiger partial charge on any atom is -0.370 e. The highest BCUT2D eigenvalue weighted by Gasteiger charge is 2.20. The van der Waals surface area contributed by atoms with E-state index in [0.29, 0.717) is 0 Å². The summed E-state index contributed by atoms with van der Waals surface area (Å²) < 4.78 is 0. The molecule has 1 aromatic heterocycles. The van der Waals surface area contributed by atoms with Gasteiger partial charge in [0.1, 0.15) is 0 Å². The molecule has 94 valence electrons. The molecule has 17 heavy (non-hydrogen) atoms. The van der Waals surface area contributed by atoms with Crippen molar-refractivity contribution in [2.45, 2.75) is 12.8 Å². The van der Waals surface area contributed by atoms with Crippen LogP contribution in [-0.2, 0) is 0 Å². The zero-order valence-corrected chi connectivity index (χ0v) is 10.5. The van der Waals surface area contributed by atoms with E-state index in [0.717, 1.165) is 31.2 Å². The monoisotopic (exact) mass is 236 g/mol. The average molecular weight is 236 g/mol. The van der Waals surface area contributed by atoms with Gasteiger partial charge in [0.15, 0.2) is 0 Å². The molecule has 1 saturated heterocycles. The van der Waals surface area contributed by atoms with Gasteiger partial charge >= 0.3 is 0 Å². The van der Waals surface area contributed by atoms with Gasteiger partial charge in [-0.25, -0.2) is 5.10 Å². The molecule has 0 atom stereocenters. The summed E-state index contributed by atoms with van der Waals surface area (Å²) in [6.07, 6.45) is 4.10. The van der Waals surface area contributed by atoms with Crippen LogP contribution in [-0.4, -0.2) is 48.8 Å². The van der Waals surface area contributed by atoms with Gasteiger partial charge in [-0.3, -0.25) is 4.79 Å². The number of hydrogen-bond donors (Lipinski definition) is 1. The maximum Gasteiger partial charge on any atom is 0.266 e. The maximum atomic E-state index is 11.2. The molecule has 1 N–H and O–H groups in total. The third-order valence-corrected chi connectivity index (χ3v) is 3.25. The Balaban J connectivity index is 1.93. The highest BCUT2D eigenvalue weighted by atomic mass is 16.1. The molecule has 0 amide bonds. The average Bonchev–Trinajstić information content (AvgIpc) is 2.29. The summed E-state index contributed by atoms with van der Waals surface area (Å²) in [4.78, 5) is 15.7. The van der Waals surface area contributed by atoms with Crippen LogP contribution in [0.5, 0.6) is 0 Å². The third-order valence-electron chi connectivity index (χ3n) is 3.25. The summed E-state index contributed by atoms with van der Waals surface area (Å²) in [6.45, 7) is 3.19. The molecule has 0 unspecified atom stereocenters. The van der Waals surface area contributed by atoms with E-state index in [9.17, 15) is 4.79 Å². The van der Waals surface area contributed by atoms with Gasteiger partial charge < -0.3 is 9.80 Å². The first kappa shape index (κ1) is 12.1. The number of rotatable bonds is 3. The molecule has 2 heterocycles. The summed E-state index contributed by atoms with van der Waals surface area (Å²) in [5, 5.41) is 6.25. The lowest BCUT2D eigenvalue weighted by Crippen LogP contribution is -2.37. The summed E-state index contributed by atoms with van der Waals surface area (Å²) in [5.41, 5.74) is 0.815. The van der Waals surface area contributed by atoms with Crippen LogP contribution in [0.25, 0.3) is 0 Å². The van der Waals surface area contributed by atoms with Gasteiger partial charge in [0.2, 0.25) is 0 Å². The van der Waals surface area contributed by atoms with Gasteiger partial charge in [-0.05, 0) is 32.9 Å². The lowest BCUT2D eigenvalue weighted by atomic mass is 9.96. The molecular formula is C12H20N4O. The van der Waals surface area contributed by atoms with Crippen molar-refractivity contribution in [3.05, 3.63) is 22.6 Å². The Morgan fingerprint density at radius 1 is 1.47 bits per heavy atom. The van der Waals surface area contributed by atoms with Gasteiger partial charge in [0.05, 0.1) is 11.9 Å².